The van der Waals surface area contributed by atoms with Crippen LogP contribution < -0.4 is 5.32 Å². The molecule has 1 heterocycles. The summed E-state index contributed by atoms with van der Waals surface area (Å²) < 4.78 is 0. The lowest BCUT2D eigenvalue weighted by Gasteiger charge is -2.07. The molecule has 0 unspecified atom stereocenters. The Morgan fingerprint density at radius 3 is 2.69 bits per heavy atom. The van der Waals surface area contributed by atoms with Crippen molar-refractivity contribution in [2.45, 2.75) is 13.5 Å². The molecule has 2 nitrogen and oxygen atoms in total. The van der Waals surface area contributed by atoms with Crippen molar-refractivity contribution >= 4 is 17.3 Å². The molecule has 0 aliphatic carbocycles. The Labute approximate surface area is 100 Å². The van der Waals surface area contributed by atoms with E-state index in [1.165, 1.54) is 5.56 Å². The molecule has 1 N–H and O–H groups in total. The number of hydrogen-bond acceptors (Lipinski definition) is 2. The van der Waals surface area contributed by atoms with Crippen molar-refractivity contribution in [3.63, 3.8) is 0 Å². The van der Waals surface area contributed by atoms with Crippen LogP contribution in [0.15, 0.2) is 42.6 Å². The maximum absolute atomic E-state index is 5.86. The highest BCUT2D eigenvalue weighted by Gasteiger charge is 1.98. The zero-order chi connectivity index (χ0) is 11.4. The molecular formula is C13H13ClN2. The van der Waals surface area contributed by atoms with Crippen LogP contribution in [-0.4, -0.2) is 4.98 Å². The van der Waals surface area contributed by atoms with Crippen molar-refractivity contribution < 1.29 is 0 Å². The van der Waals surface area contributed by atoms with Crippen LogP contribution in [0, 0.1) is 6.92 Å². The summed E-state index contributed by atoms with van der Waals surface area (Å²) in [5.74, 6) is 0. The molecule has 16 heavy (non-hydrogen) atoms. The van der Waals surface area contributed by atoms with E-state index in [9.17, 15) is 0 Å². The monoisotopic (exact) mass is 232 g/mol. The number of aryl methyl sites for hydroxylation is 1. The van der Waals surface area contributed by atoms with Crippen LogP contribution in [-0.2, 0) is 6.54 Å². The van der Waals surface area contributed by atoms with Crippen LogP contribution in [0.1, 0.15) is 11.1 Å². The molecule has 0 bridgehead atoms. The summed E-state index contributed by atoms with van der Waals surface area (Å²) in [6.07, 6.45) is 1.75. The van der Waals surface area contributed by atoms with Gasteiger partial charge in [-0.15, -0.1) is 0 Å². The predicted molar refractivity (Wildman–Crippen MR) is 67.8 cm³/mol. The van der Waals surface area contributed by atoms with Gasteiger partial charge in [0.05, 0.1) is 11.9 Å². The van der Waals surface area contributed by atoms with Gasteiger partial charge in [0.25, 0.3) is 0 Å². The average Bonchev–Trinajstić information content (AvgIpc) is 2.32. The lowest BCUT2D eigenvalue weighted by atomic mass is 10.2. The smallest absolute Gasteiger partial charge is 0.132 e. The molecule has 0 aliphatic heterocycles. The fourth-order valence-corrected chi connectivity index (χ4v) is 1.56. The summed E-state index contributed by atoms with van der Waals surface area (Å²) in [4.78, 5) is 4.09. The fraction of sp³-hybridized carbons (Fsp3) is 0.154. The van der Waals surface area contributed by atoms with Crippen molar-refractivity contribution in [3.8, 4) is 0 Å². The van der Waals surface area contributed by atoms with Crippen LogP contribution in [0.25, 0.3) is 0 Å². The minimum atomic E-state index is 0.560. The highest BCUT2D eigenvalue weighted by molar-refractivity contribution is 6.30. The van der Waals surface area contributed by atoms with Crippen LogP contribution in [0.2, 0.25) is 5.15 Å². The topological polar surface area (TPSA) is 24.9 Å². The van der Waals surface area contributed by atoms with Crippen LogP contribution in [0.3, 0.4) is 0 Å². The number of benzene rings is 1. The first-order valence-corrected chi connectivity index (χ1v) is 5.53. The van der Waals surface area contributed by atoms with E-state index in [1.807, 2.05) is 31.2 Å². The molecule has 1 aromatic carbocycles. The average molecular weight is 233 g/mol. The van der Waals surface area contributed by atoms with E-state index < -0.39 is 0 Å². The molecule has 2 aromatic rings. The summed E-state index contributed by atoms with van der Waals surface area (Å²) in [5.41, 5.74) is 3.22. The Hall–Kier alpha value is -1.54. The molecule has 0 aliphatic rings. The third-order valence-electron chi connectivity index (χ3n) is 2.35. The van der Waals surface area contributed by atoms with Gasteiger partial charge in [0.15, 0.2) is 0 Å². The molecular weight excluding hydrogens is 220 g/mol. The number of rotatable bonds is 3. The van der Waals surface area contributed by atoms with E-state index in [0.29, 0.717) is 5.15 Å². The van der Waals surface area contributed by atoms with Crippen molar-refractivity contribution in [3.05, 3.63) is 58.9 Å². The summed E-state index contributed by atoms with van der Waals surface area (Å²) in [6, 6.07) is 12.2. The maximum atomic E-state index is 5.86. The van der Waals surface area contributed by atoms with Crippen LogP contribution in [0.5, 0.6) is 0 Å². The van der Waals surface area contributed by atoms with E-state index in [1.54, 1.807) is 6.20 Å². The van der Waals surface area contributed by atoms with Gasteiger partial charge < -0.3 is 5.32 Å². The lowest BCUT2D eigenvalue weighted by molar-refractivity contribution is 1.13. The lowest BCUT2D eigenvalue weighted by Crippen LogP contribution is -2.00. The third-order valence-corrected chi connectivity index (χ3v) is 2.75. The fourth-order valence-electron chi connectivity index (χ4n) is 1.45. The van der Waals surface area contributed by atoms with Gasteiger partial charge in [-0.3, -0.25) is 0 Å². The van der Waals surface area contributed by atoms with Gasteiger partial charge in [0, 0.05) is 6.54 Å². The van der Waals surface area contributed by atoms with E-state index in [4.69, 9.17) is 11.6 Å². The second-order valence-electron chi connectivity index (χ2n) is 3.67. The standard InChI is InChI=1S/C13H13ClN2/c1-10-7-12(9-16-13(10)14)15-8-11-5-3-2-4-6-11/h2-7,9,15H,8H2,1H3. The third kappa shape index (κ3) is 2.74. The summed E-state index contributed by atoms with van der Waals surface area (Å²) in [7, 11) is 0. The molecule has 3 heteroatoms. The van der Waals surface area contributed by atoms with Crippen molar-refractivity contribution in [1.82, 2.24) is 4.98 Å². The predicted octanol–water partition coefficient (Wildman–Crippen LogP) is 3.66. The molecule has 0 fully saturated rings. The molecule has 2 rings (SSSR count). The van der Waals surface area contributed by atoms with Gasteiger partial charge in [0.2, 0.25) is 0 Å². The molecule has 0 amide bonds. The van der Waals surface area contributed by atoms with Crippen LogP contribution in [0.4, 0.5) is 5.69 Å². The van der Waals surface area contributed by atoms with Gasteiger partial charge in [-0.1, -0.05) is 41.9 Å². The summed E-state index contributed by atoms with van der Waals surface area (Å²) in [5, 5.41) is 3.87. The molecule has 1 aromatic heterocycles. The molecule has 0 radical (unpaired) electrons. The number of nitrogens with one attached hydrogen (secondary N) is 1. The summed E-state index contributed by atoms with van der Waals surface area (Å²) in [6.45, 7) is 2.74. The minimum absolute atomic E-state index is 0.560. The first-order chi connectivity index (χ1) is 7.75. The number of hydrogen-bond donors (Lipinski definition) is 1. The Bertz CT molecular complexity index is 469. The first kappa shape index (κ1) is 11.0. The number of pyridine rings is 1. The number of halogens is 1. The Morgan fingerprint density at radius 1 is 1.25 bits per heavy atom. The minimum Gasteiger partial charge on any atom is -0.380 e. The quantitative estimate of drug-likeness (QED) is 0.817. The molecule has 0 saturated heterocycles. The van der Waals surface area contributed by atoms with E-state index in [0.717, 1.165) is 17.8 Å². The van der Waals surface area contributed by atoms with Gasteiger partial charge in [-0.25, -0.2) is 4.98 Å². The normalized spacial score (nSPS) is 10.1. The van der Waals surface area contributed by atoms with Crippen LogP contribution >= 0.6 is 11.6 Å². The van der Waals surface area contributed by atoms with Gasteiger partial charge in [-0.05, 0) is 24.1 Å². The van der Waals surface area contributed by atoms with Crippen molar-refractivity contribution in [1.29, 1.82) is 0 Å². The first-order valence-electron chi connectivity index (χ1n) is 5.15. The second kappa shape index (κ2) is 4.99. The van der Waals surface area contributed by atoms with Crippen molar-refractivity contribution in [2.75, 3.05) is 5.32 Å². The van der Waals surface area contributed by atoms with Gasteiger partial charge in [0.1, 0.15) is 5.15 Å². The zero-order valence-electron chi connectivity index (χ0n) is 9.07. The Kier molecular flexibility index (Phi) is 3.42. The van der Waals surface area contributed by atoms with Gasteiger partial charge >= 0.3 is 0 Å². The Balaban J connectivity index is 2.03. The number of anilines is 1. The van der Waals surface area contributed by atoms with E-state index in [-0.39, 0.29) is 0 Å². The Morgan fingerprint density at radius 2 is 2.00 bits per heavy atom. The largest absolute Gasteiger partial charge is 0.380 e. The molecule has 82 valence electrons. The summed E-state index contributed by atoms with van der Waals surface area (Å²) >= 11 is 5.86. The highest BCUT2D eigenvalue weighted by Crippen LogP contribution is 2.16. The highest BCUT2D eigenvalue weighted by atomic mass is 35.5. The number of aromatic nitrogens is 1. The number of nitrogens with zero attached hydrogens (tertiary/aromatic N) is 1. The molecule has 0 spiro atoms. The SMILES string of the molecule is Cc1cc(NCc2ccccc2)cnc1Cl. The second-order valence-corrected chi connectivity index (χ2v) is 4.03. The molecule has 0 atom stereocenters. The maximum Gasteiger partial charge on any atom is 0.132 e. The van der Waals surface area contributed by atoms with Crippen molar-refractivity contribution in [2.24, 2.45) is 0 Å². The van der Waals surface area contributed by atoms with E-state index in [2.05, 4.69) is 22.4 Å². The molecule has 0 saturated carbocycles. The van der Waals surface area contributed by atoms with E-state index >= 15 is 0 Å². The zero-order valence-corrected chi connectivity index (χ0v) is 9.83. The van der Waals surface area contributed by atoms with Gasteiger partial charge in [-0.2, -0.15) is 0 Å².